The fourth-order valence-electron chi connectivity index (χ4n) is 2.69. The Balaban J connectivity index is 1.33. The van der Waals surface area contributed by atoms with E-state index in [0.29, 0.717) is 29.3 Å². The van der Waals surface area contributed by atoms with Crippen LogP contribution in [0.5, 0.6) is 0 Å². The molecule has 4 rings (SSSR count). The van der Waals surface area contributed by atoms with Gasteiger partial charge in [-0.25, -0.2) is 19.0 Å². The molecule has 28 heavy (non-hydrogen) atoms. The third kappa shape index (κ3) is 3.96. The highest BCUT2D eigenvalue weighted by atomic mass is 19.1. The van der Waals surface area contributed by atoms with Crippen LogP contribution in [0, 0.1) is 5.82 Å². The number of oxazole rings is 1. The Labute approximate surface area is 159 Å². The molecule has 2 heterocycles. The van der Waals surface area contributed by atoms with Gasteiger partial charge in [-0.05, 0) is 36.4 Å². The number of carbonyl (C=O) groups is 1. The molecule has 0 fully saturated rings. The average molecular weight is 377 g/mol. The van der Waals surface area contributed by atoms with Gasteiger partial charge in [-0.15, -0.1) is 0 Å². The number of amides is 1. The lowest BCUT2D eigenvalue weighted by Gasteiger charge is -2.06. The molecule has 0 spiro atoms. The van der Waals surface area contributed by atoms with Crippen molar-refractivity contribution in [3.63, 3.8) is 0 Å². The van der Waals surface area contributed by atoms with Gasteiger partial charge in [0.2, 0.25) is 5.91 Å². The zero-order chi connectivity index (χ0) is 19.3. The summed E-state index contributed by atoms with van der Waals surface area (Å²) in [5, 5.41) is 6.87. The summed E-state index contributed by atoms with van der Waals surface area (Å²) in [5.74, 6) is 0.184. The molecule has 0 saturated heterocycles. The minimum absolute atomic E-state index is 0.167. The number of aryl methyl sites for hydroxylation is 1. The molecular formula is C20H16FN5O2. The monoisotopic (exact) mass is 377 g/mol. The van der Waals surface area contributed by atoms with Crippen LogP contribution in [-0.4, -0.2) is 25.7 Å². The van der Waals surface area contributed by atoms with Crippen molar-refractivity contribution in [2.45, 2.75) is 12.8 Å². The molecule has 0 aliphatic carbocycles. The first-order valence-corrected chi connectivity index (χ1v) is 8.63. The van der Waals surface area contributed by atoms with E-state index in [-0.39, 0.29) is 18.1 Å². The van der Waals surface area contributed by atoms with Crippen molar-refractivity contribution < 1.29 is 13.6 Å². The second-order valence-electron chi connectivity index (χ2n) is 6.03. The van der Waals surface area contributed by atoms with Crippen LogP contribution < -0.4 is 5.32 Å². The number of rotatable bonds is 6. The Morgan fingerprint density at radius 1 is 1.14 bits per heavy atom. The second-order valence-corrected chi connectivity index (χ2v) is 6.03. The predicted molar refractivity (Wildman–Crippen MR) is 100 cm³/mol. The van der Waals surface area contributed by atoms with Crippen LogP contribution in [0.4, 0.5) is 10.1 Å². The summed E-state index contributed by atoms with van der Waals surface area (Å²) in [7, 11) is 0. The average Bonchev–Trinajstić information content (AvgIpc) is 3.40. The van der Waals surface area contributed by atoms with Gasteiger partial charge in [0.05, 0.1) is 17.4 Å². The van der Waals surface area contributed by atoms with E-state index < -0.39 is 0 Å². The number of halogens is 1. The molecule has 0 atom stereocenters. The molecule has 140 valence electrons. The molecule has 1 amide bonds. The third-order valence-electron chi connectivity index (χ3n) is 4.09. The van der Waals surface area contributed by atoms with E-state index in [4.69, 9.17) is 4.42 Å². The lowest BCUT2D eigenvalue weighted by molar-refractivity contribution is -0.116. The van der Waals surface area contributed by atoms with Gasteiger partial charge in [0, 0.05) is 18.5 Å². The Hall–Kier alpha value is -3.81. The van der Waals surface area contributed by atoms with Gasteiger partial charge in [-0.3, -0.25) is 4.79 Å². The zero-order valence-electron chi connectivity index (χ0n) is 14.7. The van der Waals surface area contributed by atoms with E-state index in [2.05, 4.69) is 20.4 Å². The number of carbonyl (C=O) groups excluding carboxylic acids is 1. The SMILES string of the molecule is O=C(CCc1ncc(-c2ccccc2F)o1)Nc1ccc(-n2cncn2)cc1. The van der Waals surface area contributed by atoms with E-state index in [0.717, 1.165) is 5.69 Å². The normalized spacial score (nSPS) is 10.8. The summed E-state index contributed by atoms with van der Waals surface area (Å²) in [6, 6.07) is 13.6. The maximum absolute atomic E-state index is 13.8. The molecule has 0 unspecified atom stereocenters. The minimum atomic E-state index is -0.378. The van der Waals surface area contributed by atoms with Crippen LogP contribution >= 0.6 is 0 Å². The molecule has 0 aliphatic rings. The van der Waals surface area contributed by atoms with Crippen molar-refractivity contribution in [2.24, 2.45) is 0 Å². The first-order chi connectivity index (χ1) is 13.7. The first-order valence-electron chi connectivity index (χ1n) is 8.63. The minimum Gasteiger partial charge on any atom is -0.441 e. The Bertz CT molecular complexity index is 1070. The third-order valence-corrected chi connectivity index (χ3v) is 4.09. The number of nitrogens with zero attached hydrogens (tertiary/aromatic N) is 4. The van der Waals surface area contributed by atoms with Crippen molar-refractivity contribution in [2.75, 3.05) is 5.32 Å². The van der Waals surface area contributed by atoms with E-state index in [1.54, 1.807) is 41.3 Å². The number of benzene rings is 2. The molecule has 7 nitrogen and oxygen atoms in total. The Morgan fingerprint density at radius 2 is 1.96 bits per heavy atom. The van der Waals surface area contributed by atoms with E-state index in [1.165, 1.54) is 18.6 Å². The molecule has 0 bridgehead atoms. The fourth-order valence-corrected chi connectivity index (χ4v) is 2.69. The summed E-state index contributed by atoms with van der Waals surface area (Å²) < 4.78 is 21.0. The van der Waals surface area contributed by atoms with Crippen LogP contribution in [0.1, 0.15) is 12.3 Å². The van der Waals surface area contributed by atoms with E-state index >= 15 is 0 Å². The Morgan fingerprint density at radius 3 is 2.71 bits per heavy atom. The summed E-state index contributed by atoms with van der Waals surface area (Å²) >= 11 is 0. The number of hydrogen-bond donors (Lipinski definition) is 1. The topological polar surface area (TPSA) is 85.8 Å². The van der Waals surface area contributed by atoms with E-state index in [9.17, 15) is 9.18 Å². The zero-order valence-corrected chi connectivity index (χ0v) is 14.7. The molecule has 0 aliphatic heterocycles. The Kier molecular flexibility index (Phi) is 4.92. The highest BCUT2D eigenvalue weighted by molar-refractivity contribution is 5.90. The van der Waals surface area contributed by atoms with Crippen molar-refractivity contribution in [1.29, 1.82) is 0 Å². The summed E-state index contributed by atoms with van der Waals surface area (Å²) in [6.45, 7) is 0. The van der Waals surface area contributed by atoms with Gasteiger partial charge >= 0.3 is 0 Å². The largest absolute Gasteiger partial charge is 0.441 e. The maximum atomic E-state index is 13.8. The number of aromatic nitrogens is 4. The highest BCUT2D eigenvalue weighted by Crippen LogP contribution is 2.23. The summed E-state index contributed by atoms with van der Waals surface area (Å²) in [5.41, 5.74) is 1.86. The quantitative estimate of drug-likeness (QED) is 0.554. The van der Waals surface area contributed by atoms with Gasteiger partial charge in [0.25, 0.3) is 0 Å². The molecular weight excluding hydrogens is 361 g/mol. The second kappa shape index (κ2) is 7.83. The van der Waals surface area contributed by atoms with Crippen molar-refractivity contribution in [3.05, 3.63) is 79.1 Å². The summed E-state index contributed by atoms with van der Waals surface area (Å²) in [6.07, 6.45) is 5.03. The van der Waals surface area contributed by atoms with Gasteiger partial charge in [-0.2, -0.15) is 5.10 Å². The molecule has 0 radical (unpaired) electrons. The van der Waals surface area contributed by atoms with Gasteiger partial charge in [-0.1, -0.05) is 12.1 Å². The maximum Gasteiger partial charge on any atom is 0.224 e. The number of anilines is 1. The van der Waals surface area contributed by atoms with Crippen molar-refractivity contribution in [3.8, 4) is 17.0 Å². The molecule has 8 heteroatoms. The van der Waals surface area contributed by atoms with Crippen molar-refractivity contribution >= 4 is 11.6 Å². The number of nitrogens with one attached hydrogen (secondary N) is 1. The van der Waals surface area contributed by atoms with Crippen LogP contribution in [0.2, 0.25) is 0 Å². The molecule has 1 N–H and O–H groups in total. The smallest absolute Gasteiger partial charge is 0.224 e. The number of hydrogen-bond acceptors (Lipinski definition) is 5. The molecule has 2 aromatic heterocycles. The molecule has 2 aromatic carbocycles. The lowest BCUT2D eigenvalue weighted by Crippen LogP contribution is -2.12. The van der Waals surface area contributed by atoms with Gasteiger partial charge in [0.15, 0.2) is 11.7 Å². The lowest BCUT2D eigenvalue weighted by atomic mass is 10.2. The predicted octanol–water partition coefficient (Wildman–Crippen LogP) is 3.63. The highest BCUT2D eigenvalue weighted by Gasteiger charge is 2.12. The van der Waals surface area contributed by atoms with Gasteiger partial charge < -0.3 is 9.73 Å². The molecule has 4 aromatic rings. The van der Waals surface area contributed by atoms with E-state index in [1.807, 2.05) is 12.1 Å². The molecule has 0 saturated carbocycles. The van der Waals surface area contributed by atoms with Crippen LogP contribution in [0.25, 0.3) is 17.0 Å². The van der Waals surface area contributed by atoms with Crippen LogP contribution in [0.3, 0.4) is 0 Å². The first kappa shape index (κ1) is 17.6. The fraction of sp³-hybridized carbons (Fsp3) is 0.100. The summed E-state index contributed by atoms with van der Waals surface area (Å²) in [4.78, 5) is 20.2. The van der Waals surface area contributed by atoms with Gasteiger partial charge in [0.1, 0.15) is 18.5 Å². The van der Waals surface area contributed by atoms with Crippen LogP contribution in [-0.2, 0) is 11.2 Å². The van der Waals surface area contributed by atoms with Crippen LogP contribution in [0.15, 0.2) is 71.8 Å². The van der Waals surface area contributed by atoms with Crippen molar-refractivity contribution in [1.82, 2.24) is 19.7 Å². The standard InChI is InChI=1S/C20H16FN5O2/c21-17-4-2-1-3-16(17)18-11-23-20(28-18)10-9-19(27)25-14-5-7-15(8-6-14)26-13-22-12-24-26/h1-8,11-13H,9-10H2,(H,25,27).